The summed E-state index contributed by atoms with van der Waals surface area (Å²) in [5.74, 6) is 0.734. The van der Waals surface area contributed by atoms with Crippen LogP contribution in [0.4, 0.5) is 0 Å². The summed E-state index contributed by atoms with van der Waals surface area (Å²) in [6.45, 7) is 5.06. The van der Waals surface area contributed by atoms with Crippen molar-refractivity contribution in [2.45, 2.75) is 19.1 Å². The number of rotatable bonds is 8. The number of likely N-dealkylation sites (tertiary alicyclic amines) is 1. The molecular weight excluding hydrogens is 264 g/mol. The van der Waals surface area contributed by atoms with Gasteiger partial charge in [0.05, 0.1) is 19.3 Å². The highest BCUT2D eigenvalue weighted by atomic mass is 16.5. The first kappa shape index (κ1) is 16.4. The highest BCUT2D eigenvalue weighted by Gasteiger charge is 2.21. The third-order valence-corrected chi connectivity index (χ3v) is 4.00. The summed E-state index contributed by atoms with van der Waals surface area (Å²) in [7, 11) is 4.25. The van der Waals surface area contributed by atoms with Gasteiger partial charge in [0.25, 0.3) is 0 Å². The smallest absolute Gasteiger partial charge is 0.0900 e. The lowest BCUT2D eigenvalue weighted by molar-refractivity contribution is 0.0120. The molecule has 1 N–H and O–H groups in total. The molecule has 1 aliphatic heterocycles. The van der Waals surface area contributed by atoms with E-state index in [0.717, 1.165) is 18.0 Å². The normalized spacial score (nSPS) is 21.0. The maximum atomic E-state index is 10.0. The molecule has 4 nitrogen and oxygen atoms in total. The van der Waals surface area contributed by atoms with Gasteiger partial charge < -0.3 is 19.6 Å². The fourth-order valence-corrected chi connectivity index (χ4v) is 2.99. The SMILES string of the molecule is CN1CCC(CN(C)CC(O)COCc2ccccc2)C1. The van der Waals surface area contributed by atoms with Crippen molar-refractivity contribution in [1.29, 1.82) is 0 Å². The molecule has 0 radical (unpaired) electrons. The van der Waals surface area contributed by atoms with Gasteiger partial charge in [-0.25, -0.2) is 0 Å². The molecule has 0 aliphatic carbocycles. The van der Waals surface area contributed by atoms with E-state index in [1.807, 2.05) is 30.3 Å². The van der Waals surface area contributed by atoms with E-state index in [1.54, 1.807) is 0 Å². The average Bonchev–Trinajstić information content (AvgIpc) is 2.85. The molecule has 0 amide bonds. The van der Waals surface area contributed by atoms with Crippen LogP contribution in [0, 0.1) is 5.92 Å². The Labute approximate surface area is 128 Å². The van der Waals surface area contributed by atoms with Crippen molar-refractivity contribution in [2.75, 3.05) is 46.9 Å². The average molecular weight is 292 g/mol. The Hall–Kier alpha value is -0.940. The predicted octanol–water partition coefficient (Wildman–Crippen LogP) is 1.45. The molecule has 0 saturated carbocycles. The maximum absolute atomic E-state index is 10.0. The number of aliphatic hydroxyl groups is 1. The van der Waals surface area contributed by atoms with Crippen LogP contribution in [0.1, 0.15) is 12.0 Å². The summed E-state index contributed by atoms with van der Waals surface area (Å²) in [5.41, 5.74) is 1.15. The minimum Gasteiger partial charge on any atom is -0.389 e. The number of benzene rings is 1. The van der Waals surface area contributed by atoms with E-state index in [-0.39, 0.29) is 0 Å². The van der Waals surface area contributed by atoms with E-state index >= 15 is 0 Å². The lowest BCUT2D eigenvalue weighted by Gasteiger charge is -2.23. The fourth-order valence-electron chi connectivity index (χ4n) is 2.99. The Kier molecular flexibility index (Phi) is 6.64. The third-order valence-electron chi connectivity index (χ3n) is 4.00. The van der Waals surface area contributed by atoms with Gasteiger partial charge in [-0.3, -0.25) is 0 Å². The van der Waals surface area contributed by atoms with Gasteiger partial charge in [-0.05, 0) is 38.5 Å². The number of likely N-dealkylation sites (N-methyl/N-ethyl adjacent to an activating group) is 1. The number of aliphatic hydroxyl groups excluding tert-OH is 1. The van der Waals surface area contributed by atoms with Crippen molar-refractivity contribution < 1.29 is 9.84 Å². The number of nitrogens with zero attached hydrogens (tertiary/aromatic N) is 2. The first-order chi connectivity index (χ1) is 10.1. The second kappa shape index (κ2) is 8.49. The molecule has 21 heavy (non-hydrogen) atoms. The zero-order valence-corrected chi connectivity index (χ0v) is 13.2. The lowest BCUT2D eigenvalue weighted by Crippen LogP contribution is -2.35. The zero-order valence-electron chi connectivity index (χ0n) is 13.2. The standard InChI is InChI=1S/C17H28N2O2/c1-18-9-8-16(10-18)11-19(2)12-17(20)14-21-13-15-6-4-3-5-7-15/h3-7,16-17,20H,8-14H2,1-2H3. The molecular formula is C17H28N2O2. The molecule has 2 atom stereocenters. The minimum absolute atomic E-state index is 0.393. The van der Waals surface area contributed by atoms with E-state index in [4.69, 9.17) is 4.74 Å². The van der Waals surface area contributed by atoms with Gasteiger partial charge in [0, 0.05) is 19.6 Å². The van der Waals surface area contributed by atoms with Crippen LogP contribution in [0.2, 0.25) is 0 Å². The molecule has 0 aromatic heterocycles. The zero-order chi connectivity index (χ0) is 15.1. The Morgan fingerprint density at radius 1 is 1.38 bits per heavy atom. The van der Waals surface area contributed by atoms with Crippen LogP contribution < -0.4 is 0 Å². The molecule has 0 bridgehead atoms. The van der Waals surface area contributed by atoms with Crippen molar-refractivity contribution in [3.05, 3.63) is 35.9 Å². The van der Waals surface area contributed by atoms with Crippen molar-refractivity contribution in [2.24, 2.45) is 5.92 Å². The molecule has 1 aromatic carbocycles. The van der Waals surface area contributed by atoms with E-state index < -0.39 is 6.10 Å². The van der Waals surface area contributed by atoms with Crippen LogP contribution in [-0.4, -0.2) is 67.9 Å². The van der Waals surface area contributed by atoms with Gasteiger partial charge in [0.15, 0.2) is 0 Å². The van der Waals surface area contributed by atoms with Crippen molar-refractivity contribution in [1.82, 2.24) is 9.80 Å². The van der Waals surface area contributed by atoms with Crippen LogP contribution in [-0.2, 0) is 11.3 Å². The minimum atomic E-state index is -0.419. The fraction of sp³-hybridized carbons (Fsp3) is 0.647. The summed E-state index contributed by atoms with van der Waals surface area (Å²) in [6.07, 6.45) is 0.847. The van der Waals surface area contributed by atoms with Crippen molar-refractivity contribution in [3.63, 3.8) is 0 Å². The predicted molar refractivity (Wildman–Crippen MR) is 85.2 cm³/mol. The number of hydrogen-bond acceptors (Lipinski definition) is 4. The molecule has 0 spiro atoms. The monoisotopic (exact) mass is 292 g/mol. The van der Waals surface area contributed by atoms with E-state index in [1.165, 1.54) is 19.5 Å². The van der Waals surface area contributed by atoms with E-state index in [2.05, 4.69) is 23.9 Å². The quantitative estimate of drug-likeness (QED) is 0.787. The molecule has 2 rings (SSSR count). The first-order valence-electron chi connectivity index (χ1n) is 7.80. The summed E-state index contributed by atoms with van der Waals surface area (Å²) in [5, 5.41) is 10.0. The molecule has 1 aromatic rings. The van der Waals surface area contributed by atoms with Gasteiger partial charge >= 0.3 is 0 Å². The van der Waals surface area contributed by atoms with Crippen molar-refractivity contribution in [3.8, 4) is 0 Å². The molecule has 2 unspecified atom stereocenters. The van der Waals surface area contributed by atoms with Crippen LogP contribution >= 0.6 is 0 Å². The largest absolute Gasteiger partial charge is 0.389 e. The third kappa shape index (κ3) is 6.14. The molecule has 1 heterocycles. The Morgan fingerprint density at radius 3 is 2.81 bits per heavy atom. The Bertz CT molecular complexity index is 399. The van der Waals surface area contributed by atoms with Crippen LogP contribution in [0.15, 0.2) is 30.3 Å². The topological polar surface area (TPSA) is 35.9 Å². The molecule has 4 heteroatoms. The van der Waals surface area contributed by atoms with Crippen LogP contribution in [0.3, 0.4) is 0 Å². The van der Waals surface area contributed by atoms with Gasteiger partial charge in [-0.2, -0.15) is 0 Å². The summed E-state index contributed by atoms with van der Waals surface area (Å²) in [4.78, 5) is 4.60. The van der Waals surface area contributed by atoms with Crippen LogP contribution in [0.25, 0.3) is 0 Å². The summed E-state index contributed by atoms with van der Waals surface area (Å²) < 4.78 is 5.58. The summed E-state index contributed by atoms with van der Waals surface area (Å²) >= 11 is 0. The van der Waals surface area contributed by atoms with E-state index in [0.29, 0.717) is 19.8 Å². The van der Waals surface area contributed by atoms with Crippen LogP contribution in [0.5, 0.6) is 0 Å². The molecule has 1 fully saturated rings. The molecule has 118 valence electrons. The first-order valence-corrected chi connectivity index (χ1v) is 7.80. The second-order valence-corrected chi connectivity index (χ2v) is 6.29. The second-order valence-electron chi connectivity index (χ2n) is 6.29. The van der Waals surface area contributed by atoms with Gasteiger partial charge in [0.2, 0.25) is 0 Å². The van der Waals surface area contributed by atoms with Gasteiger partial charge in [0.1, 0.15) is 0 Å². The van der Waals surface area contributed by atoms with Gasteiger partial charge in [-0.15, -0.1) is 0 Å². The number of hydrogen-bond donors (Lipinski definition) is 1. The highest BCUT2D eigenvalue weighted by molar-refractivity contribution is 5.13. The highest BCUT2D eigenvalue weighted by Crippen LogP contribution is 2.15. The number of ether oxygens (including phenoxy) is 1. The molecule has 1 aliphatic rings. The summed E-state index contributed by atoms with van der Waals surface area (Å²) in [6, 6.07) is 10.1. The molecule has 1 saturated heterocycles. The van der Waals surface area contributed by atoms with Gasteiger partial charge in [-0.1, -0.05) is 30.3 Å². The Morgan fingerprint density at radius 2 is 2.14 bits per heavy atom. The maximum Gasteiger partial charge on any atom is 0.0900 e. The van der Waals surface area contributed by atoms with E-state index in [9.17, 15) is 5.11 Å². The lowest BCUT2D eigenvalue weighted by atomic mass is 10.1. The van der Waals surface area contributed by atoms with Crippen molar-refractivity contribution >= 4 is 0 Å². The Balaban J connectivity index is 1.59.